The van der Waals surface area contributed by atoms with Crippen molar-refractivity contribution >= 4 is 0 Å². The van der Waals surface area contributed by atoms with Crippen molar-refractivity contribution in [3.05, 3.63) is 0 Å². The van der Waals surface area contributed by atoms with Crippen LogP contribution in [-0.4, -0.2) is 12.6 Å². The molecule has 1 N–H and O–H groups in total. The fraction of sp³-hybridized carbons (Fsp3) is 1.00. The Morgan fingerprint density at radius 3 is 2.38 bits per heavy atom. The molecule has 96 valence electrons. The Kier molecular flexibility index (Phi) is 6.41. The molecule has 0 radical (unpaired) electrons. The quantitative estimate of drug-likeness (QED) is 0.652. The summed E-state index contributed by atoms with van der Waals surface area (Å²) in [6, 6.07) is 0.784. The molecule has 0 aliphatic heterocycles. The van der Waals surface area contributed by atoms with Crippen molar-refractivity contribution in [1.29, 1.82) is 0 Å². The lowest BCUT2D eigenvalue weighted by Crippen LogP contribution is -2.38. The van der Waals surface area contributed by atoms with Gasteiger partial charge in [-0.1, -0.05) is 40.5 Å². The van der Waals surface area contributed by atoms with Gasteiger partial charge in [0.15, 0.2) is 0 Å². The molecule has 1 aliphatic rings. The van der Waals surface area contributed by atoms with Crippen molar-refractivity contribution in [3.63, 3.8) is 0 Å². The molecular weight excluding hydrogens is 194 g/mol. The van der Waals surface area contributed by atoms with E-state index in [1.807, 2.05) is 0 Å². The second-order valence-electron chi connectivity index (χ2n) is 5.67. The minimum absolute atomic E-state index is 0.784. The zero-order valence-corrected chi connectivity index (χ0v) is 11.8. The fourth-order valence-electron chi connectivity index (χ4n) is 3.25. The molecule has 0 bridgehead atoms. The summed E-state index contributed by atoms with van der Waals surface area (Å²) in [5, 5.41) is 3.66. The lowest BCUT2D eigenvalue weighted by molar-refractivity contribution is 0.0903. The largest absolute Gasteiger partial charge is 0.314 e. The van der Waals surface area contributed by atoms with Crippen molar-refractivity contribution in [2.24, 2.45) is 17.8 Å². The van der Waals surface area contributed by atoms with Gasteiger partial charge in [-0.15, -0.1) is 0 Å². The molecule has 0 amide bonds. The smallest absolute Gasteiger partial charge is 0.00695 e. The standard InChI is InChI=1S/C15H31N/c1-5-8-14(16-7-3)11-13-9-10-15(13)12(4)6-2/h12-16H,5-11H2,1-4H3. The minimum atomic E-state index is 0.784. The molecule has 0 heterocycles. The Balaban J connectivity index is 2.33. The van der Waals surface area contributed by atoms with Crippen molar-refractivity contribution in [2.45, 2.75) is 72.3 Å². The molecule has 1 heteroatoms. The molecule has 0 spiro atoms. The minimum Gasteiger partial charge on any atom is -0.314 e. The van der Waals surface area contributed by atoms with Crippen LogP contribution in [0.2, 0.25) is 0 Å². The predicted molar refractivity (Wildman–Crippen MR) is 72.7 cm³/mol. The van der Waals surface area contributed by atoms with Crippen LogP contribution in [0.4, 0.5) is 0 Å². The van der Waals surface area contributed by atoms with E-state index in [4.69, 9.17) is 0 Å². The Morgan fingerprint density at radius 2 is 1.94 bits per heavy atom. The monoisotopic (exact) mass is 225 g/mol. The normalized spacial score (nSPS) is 28.5. The molecule has 16 heavy (non-hydrogen) atoms. The molecular formula is C15H31N. The van der Waals surface area contributed by atoms with Gasteiger partial charge < -0.3 is 5.32 Å². The highest BCUT2D eigenvalue weighted by atomic mass is 14.9. The van der Waals surface area contributed by atoms with E-state index in [1.54, 1.807) is 0 Å². The van der Waals surface area contributed by atoms with Gasteiger partial charge in [0.25, 0.3) is 0 Å². The number of nitrogens with one attached hydrogen (secondary N) is 1. The van der Waals surface area contributed by atoms with Crippen LogP contribution in [0.1, 0.15) is 66.2 Å². The average molecular weight is 225 g/mol. The highest BCUT2D eigenvalue weighted by molar-refractivity contribution is 4.86. The summed E-state index contributed by atoms with van der Waals surface area (Å²) in [5.74, 6) is 3.00. The Hall–Kier alpha value is -0.0400. The third-order valence-electron chi connectivity index (χ3n) is 4.57. The molecule has 1 saturated carbocycles. The van der Waals surface area contributed by atoms with Gasteiger partial charge in [0.2, 0.25) is 0 Å². The van der Waals surface area contributed by atoms with Crippen LogP contribution in [0.25, 0.3) is 0 Å². The number of hydrogen-bond acceptors (Lipinski definition) is 1. The molecule has 1 nitrogen and oxygen atoms in total. The highest BCUT2D eigenvalue weighted by Gasteiger charge is 2.34. The second-order valence-corrected chi connectivity index (χ2v) is 5.67. The van der Waals surface area contributed by atoms with E-state index >= 15 is 0 Å². The number of rotatable bonds is 8. The lowest BCUT2D eigenvalue weighted by Gasteiger charge is -2.42. The van der Waals surface area contributed by atoms with Gasteiger partial charge in [0, 0.05) is 6.04 Å². The topological polar surface area (TPSA) is 12.0 Å². The second kappa shape index (κ2) is 7.32. The molecule has 0 aromatic heterocycles. The third kappa shape index (κ3) is 3.76. The van der Waals surface area contributed by atoms with Gasteiger partial charge in [0.05, 0.1) is 0 Å². The Labute approximate surface area is 102 Å². The summed E-state index contributed by atoms with van der Waals surface area (Å²) in [5.41, 5.74) is 0. The summed E-state index contributed by atoms with van der Waals surface area (Å²) in [7, 11) is 0. The summed E-state index contributed by atoms with van der Waals surface area (Å²) in [6.45, 7) is 10.4. The van der Waals surface area contributed by atoms with E-state index in [2.05, 4.69) is 33.0 Å². The zero-order chi connectivity index (χ0) is 12.0. The van der Waals surface area contributed by atoms with Crippen molar-refractivity contribution in [1.82, 2.24) is 5.32 Å². The first-order valence-electron chi connectivity index (χ1n) is 7.46. The SMILES string of the molecule is CCCC(CC1CCC1C(C)CC)NCC. The van der Waals surface area contributed by atoms with Gasteiger partial charge in [-0.2, -0.15) is 0 Å². The van der Waals surface area contributed by atoms with E-state index in [1.165, 1.54) is 38.5 Å². The molecule has 0 aromatic rings. The van der Waals surface area contributed by atoms with E-state index in [-0.39, 0.29) is 0 Å². The van der Waals surface area contributed by atoms with Crippen LogP contribution in [0, 0.1) is 17.8 Å². The van der Waals surface area contributed by atoms with Crippen LogP contribution in [0.15, 0.2) is 0 Å². The predicted octanol–water partition coefficient (Wildman–Crippen LogP) is 4.23. The summed E-state index contributed by atoms with van der Waals surface area (Å²) < 4.78 is 0. The molecule has 4 unspecified atom stereocenters. The zero-order valence-electron chi connectivity index (χ0n) is 11.8. The van der Waals surface area contributed by atoms with Gasteiger partial charge in [-0.3, -0.25) is 0 Å². The van der Waals surface area contributed by atoms with Crippen LogP contribution in [0.5, 0.6) is 0 Å². The first-order chi connectivity index (χ1) is 7.72. The molecule has 1 aliphatic carbocycles. The van der Waals surface area contributed by atoms with Crippen LogP contribution in [-0.2, 0) is 0 Å². The lowest BCUT2D eigenvalue weighted by atomic mass is 9.64. The maximum absolute atomic E-state index is 3.66. The van der Waals surface area contributed by atoms with Gasteiger partial charge in [-0.25, -0.2) is 0 Å². The van der Waals surface area contributed by atoms with Crippen molar-refractivity contribution in [2.75, 3.05) is 6.54 Å². The van der Waals surface area contributed by atoms with Crippen molar-refractivity contribution in [3.8, 4) is 0 Å². The summed E-state index contributed by atoms with van der Waals surface area (Å²) in [6.07, 6.45) is 8.44. The van der Waals surface area contributed by atoms with Crippen LogP contribution in [0.3, 0.4) is 0 Å². The molecule has 4 atom stereocenters. The Morgan fingerprint density at radius 1 is 1.19 bits per heavy atom. The average Bonchev–Trinajstić information content (AvgIpc) is 2.24. The molecule has 0 aromatic carbocycles. The number of hydrogen-bond donors (Lipinski definition) is 1. The van der Waals surface area contributed by atoms with E-state index in [0.717, 1.165) is 30.3 Å². The molecule has 0 saturated heterocycles. The van der Waals surface area contributed by atoms with E-state index < -0.39 is 0 Å². The fourth-order valence-corrected chi connectivity index (χ4v) is 3.25. The Bertz CT molecular complexity index is 172. The summed E-state index contributed by atoms with van der Waals surface area (Å²) >= 11 is 0. The maximum atomic E-state index is 3.66. The van der Waals surface area contributed by atoms with Crippen LogP contribution < -0.4 is 5.32 Å². The van der Waals surface area contributed by atoms with Gasteiger partial charge in [-0.05, 0) is 50.0 Å². The first kappa shape index (κ1) is 14.0. The van der Waals surface area contributed by atoms with E-state index in [0.29, 0.717) is 0 Å². The van der Waals surface area contributed by atoms with E-state index in [9.17, 15) is 0 Å². The molecule has 1 fully saturated rings. The maximum Gasteiger partial charge on any atom is 0.00695 e. The van der Waals surface area contributed by atoms with Crippen molar-refractivity contribution < 1.29 is 0 Å². The van der Waals surface area contributed by atoms with Gasteiger partial charge in [0.1, 0.15) is 0 Å². The van der Waals surface area contributed by atoms with Crippen LogP contribution >= 0.6 is 0 Å². The summed E-state index contributed by atoms with van der Waals surface area (Å²) in [4.78, 5) is 0. The highest BCUT2D eigenvalue weighted by Crippen LogP contribution is 2.43. The molecule has 1 rings (SSSR count). The third-order valence-corrected chi connectivity index (χ3v) is 4.57. The first-order valence-corrected chi connectivity index (χ1v) is 7.46. The van der Waals surface area contributed by atoms with Gasteiger partial charge >= 0.3 is 0 Å².